The third-order valence-electron chi connectivity index (χ3n) is 7.35. The molecule has 5 rings (SSSR count). The van der Waals surface area contributed by atoms with Crippen molar-refractivity contribution in [3.63, 3.8) is 0 Å². The van der Waals surface area contributed by atoms with Crippen molar-refractivity contribution < 1.29 is 9.18 Å². The van der Waals surface area contributed by atoms with Gasteiger partial charge in [0.1, 0.15) is 11.7 Å². The topological polar surface area (TPSA) is 134 Å². The van der Waals surface area contributed by atoms with Gasteiger partial charge in [-0.1, -0.05) is 32.1 Å². The van der Waals surface area contributed by atoms with Gasteiger partial charge in [-0.2, -0.15) is 0 Å². The third kappa shape index (κ3) is 5.08. The number of amidine groups is 1. The molecule has 0 spiro atoms. The molecule has 2 heterocycles. The zero-order valence-electron chi connectivity index (χ0n) is 20.2. The number of hydrogen-bond acceptors (Lipinski definition) is 8. The highest BCUT2D eigenvalue weighted by Crippen LogP contribution is 2.32. The van der Waals surface area contributed by atoms with E-state index in [2.05, 4.69) is 32.2 Å². The molecular formula is C24H33FN8O3. The molecule has 0 atom stereocenters. The molecule has 2 aliphatic carbocycles. The van der Waals surface area contributed by atoms with E-state index in [0.29, 0.717) is 17.0 Å². The summed E-state index contributed by atoms with van der Waals surface area (Å²) in [6.07, 6.45) is 9.08. The van der Waals surface area contributed by atoms with Gasteiger partial charge in [-0.3, -0.25) is 24.1 Å². The number of anilines is 1. The van der Waals surface area contributed by atoms with Gasteiger partial charge in [-0.15, -0.1) is 10.6 Å². The van der Waals surface area contributed by atoms with Crippen LogP contribution in [0.2, 0.25) is 0 Å². The second kappa shape index (κ2) is 10.7. The third-order valence-corrected chi connectivity index (χ3v) is 7.35. The molecule has 0 saturated heterocycles. The van der Waals surface area contributed by atoms with E-state index in [-0.39, 0.29) is 42.9 Å². The molecule has 5 N–H and O–H groups in total. The van der Waals surface area contributed by atoms with Crippen LogP contribution in [0.15, 0.2) is 26.8 Å². The number of hydrazine groups is 2. The van der Waals surface area contributed by atoms with Crippen LogP contribution in [-0.4, -0.2) is 33.5 Å². The van der Waals surface area contributed by atoms with Crippen LogP contribution in [-0.2, 0) is 11.3 Å². The molecule has 1 amide bonds. The molecule has 2 fully saturated rings. The maximum atomic E-state index is 15.2. The highest BCUT2D eigenvalue weighted by Gasteiger charge is 2.25. The standard InChI is InChI=1S/C24H33FN8O3/c25-18-12-17-20(13-19(18)27-15-6-2-1-3-7-15)33(16-8-4-5-9-16)24(36)32(23(17)35)11-10-26-22(34)14-21-28-30-31-29-21/h12-13,15-16,27,30-31H,1-11,14H2,(H,26,34)(H,28,29). The quantitative estimate of drug-likeness (QED) is 0.372. The van der Waals surface area contributed by atoms with E-state index in [1.54, 1.807) is 10.6 Å². The van der Waals surface area contributed by atoms with Crippen molar-refractivity contribution in [3.05, 3.63) is 38.8 Å². The van der Waals surface area contributed by atoms with E-state index in [9.17, 15) is 14.4 Å². The van der Waals surface area contributed by atoms with Crippen LogP contribution in [0.1, 0.15) is 70.3 Å². The maximum absolute atomic E-state index is 15.2. The van der Waals surface area contributed by atoms with Gasteiger partial charge in [0.15, 0.2) is 0 Å². The number of hydrazone groups is 1. The first-order valence-electron chi connectivity index (χ1n) is 12.9. The van der Waals surface area contributed by atoms with Crippen LogP contribution >= 0.6 is 0 Å². The number of aromatic nitrogens is 2. The van der Waals surface area contributed by atoms with Crippen LogP contribution in [0, 0.1) is 5.82 Å². The van der Waals surface area contributed by atoms with Gasteiger partial charge in [0, 0.05) is 25.2 Å². The van der Waals surface area contributed by atoms with Gasteiger partial charge in [-0.25, -0.2) is 14.7 Å². The number of nitrogens with one attached hydrogen (secondary N) is 5. The molecule has 11 nitrogen and oxygen atoms in total. The van der Waals surface area contributed by atoms with Gasteiger partial charge >= 0.3 is 5.69 Å². The number of halogens is 1. The molecule has 0 unspecified atom stereocenters. The summed E-state index contributed by atoms with van der Waals surface area (Å²) in [5.74, 6) is -0.373. The fourth-order valence-corrected chi connectivity index (χ4v) is 5.52. The Balaban J connectivity index is 1.44. The Hall–Kier alpha value is -3.41. The van der Waals surface area contributed by atoms with Crippen molar-refractivity contribution in [1.29, 1.82) is 0 Å². The number of benzene rings is 1. The molecule has 194 valence electrons. The van der Waals surface area contributed by atoms with Crippen molar-refractivity contribution in [2.45, 2.75) is 82.8 Å². The number of amides is 1. The van der Waals surface area contributed by atoms with Crippen molar-refractivity contribution >= 4 is 28.3 Å². The Morgan fingerprint density at radius 2 is 1.83 bits per heavy atom. The van der Waals surface area contributed by atoms with E-state index in [1.165, 1.54) is 12.5 Å². The molecule has 1 aromatic heterocycles. The summed E-state index contributed by atoms with van der Waals surface area (Å²) in [4.78, 5) is 39.1. The first kappa shape index (κ1) is 24.3. The molecule has 1 aromatic carbocycles. The van der Waals surface area contributed by atoms with E-state index < -0.39 is 17.1 Å². The minimum absolute atomic E-state index is 0.00777. The lowest BCUT2D eigenvalue weighted by molar-refractivity contribution is -0.119. The van der Waals surface area contributed by atoms with E-state index in [1.807, 2.05) is 0 Å². The number of fused-ring (bicyclic) bond motifs is 1. The average molecular weight is 501 g/mol. The summed E-state index contributed by atoms with van der Waals surface area (Å²) in [5.41, 5.74) is 7.57. The minimum Gasteiger partial charge on any atom is -0.380 e. The predicted octanol–water partition coefficient (Wildman–Crippen LogP) is 1.59. The zero-order chi connectivity index (χ0) is 25.1. The molecule has 1 aliphatic heterocycles. The maximum Gasteiger partial charge on any atom is 0.331 e. The van der Waals surface area contributed by atoms with Crippen molar-refractivity contribution in [2.75, 3.05) is 11.9 Å². The van der Waals surface area contributed by atoms with Gasteiger partial charge in [-0.05, 0) is 37.8 Å². The summed E-state index contributed by atoms with van der Waals surface area (Å²) in [7, 11) is 0. The van der Waals surface area contributed by atoms with E-state index in [0.717, 1.165) is 55.9 Å². The molecule has 36 heavy (non-hydrogen) atoms. The largest absolute Gasteiger partial charge is 0.380 e. The van der Waals surface area contributed by atoms with Crippen LogP contribution in [0.3, 0.4) is 0 Å². The van der Waals surface area contributed by atoms with Crippen molar-refractivity contribution in [1.82, 2.24) is 30.9 Å². The second-order valence-electron chi connectivity index (χ2n) is 9.82. The van der Waals surface area contributed by atoms with Crippen LogP contribution < -0.4 is 38.4 Å². The SMILES string of the molecule is O=C(CC1=NNNN1)NCCn1c(=O)c2cc(F)c(NC3CCCCC3)cc2n(C2CCCC2)c1=O. The Morgan fingerprint density at radius 1 is 1.08 bits per heavy atom. The summed E-state index contributed by atoms with van der Waals surface area (Å²) < 4.78 is 18.0. The lowest BCUT2D eigenvalue weighted by Gasteiger charge is -2.25. The summed E-state index contributed by atoms with van der Waals surface area (Å²) in [6.45, 7) is 0.0776. The number of carbonyl (C=O) groups excluding carboxylic acids is 1. The highest BCUT2D eigenvalue weighted by atomic mass is 19.1. The Kier molecular flexibility index (Phi) is 7.21. The fourth-order valence-electron chi connectivity index (χ4n) is 5.52. The average Bonchev–Trinajstić information content (AvgIpc) is 3.58. The Labute approximate surface area is 207 Å². The molecule has 12 heteroatoms. The highest BCUT2D eigenvalue weighted by molar-refractivity contribution is 5.99. The van der Waals surface area contributed by atoms with Crippen LogP contribution in [0.25, 0.3) is 10.9 Å². The normalized spacial score (nSPS) is 18.6. The minimum atomic E-state index is -0.545. The van der Waals surface area contributed by atoms with Gasteiger partial charge in [0.05, 0.1) is 23.0 Å². The van der Waals surface area contributed by atoms with Crippen LogP contribution in [0.5, 0.6) is 0 Å². The fraction of sp³-hybridized carbons (Fsp3) is 0.583. The molecule has 0 bridgehead atoms. The number of rotatable bonds is 8. The van der Waals surface area contributed by atoms with Gasteiger partial charge < -0.3 is 10.6 Å². The Morgan fingerprint density at radius 3 is 2.56 bits per heavy atom. The number of nitrogens with zero attached hydrogens (tertiary/aromatic N) is 3. The van der Waals surface area contributed by atoms with E-state index >= 15 is 4.39 Å². The number of carbonyl (C=O) groups is 1. The molecule has 3 aliphatic rings. The second-order valence-corrected chi connectivity index (χ2v) is 9.82. The molecular weight excluding hydrogens is 467 g/mol. The van der Waals surface area contributed by atoms with E-state index in [4.69, 9.17) is 0 Å². The lowest BCUT2D eigenvalue weighted by Crippen LogP contribution is -2.44. The zero-order valence-corrected chi connectivity index (χ0v) is 20.2. The van der Waals surface area contributed by atoms with Gasteiger partial charge in [0.25, 0.3) is 5.56 Å². The first-order valence-corrected chi connectivity index (χ1v) is 12.9. The Bertz CT molecular complexity index is 1270. The lowest BCUT2D eigenvalue weighted by atomic mass is 9.95. The molecule has 0 radical (unpaired) electrons. The van der Waals surface area contributed by atoms with Gasteiger partial charge in [0.2, 0.25) is 5.91 Å². The molecule has 2 saturated carbocycles. The number of hydrogen-bond donors (Lipinski definition) is 5. The summed E-state index contributed by atoms with van der Waals surface area (Å²) in [5, 5.41) is 10.1. The summed E-state index contributed by atoms with van der Waals surface area (Å²) >= 11 is 0. The van der Waals surface area contributed by atoms with Crippen molar-refractivity contribution in [3.8, 4) is 0 Å². The summed E-state index contributed by atoms with van der Waals surface area (Å²) in [6, 6.07) is 3.05. The smallest absolute Gasteiger partial charge is 0.331 e. The predicted molar refractivity (Wildman–Crippen MR) is 135 cm³/mol. The molecule has 2 aromatic rings. The monoisotopic (exact) mass is 500 g/mol. The van der Waals surface area contributed by atoms with Crippen LogP contribution in [0.4, 0.5) is 10.1 Å². The van der Waals surface area contributed by atoms with Crippen molar-refractivity contribution in [2.24, 2.45) is 5.10 Å². The first-order chi connectivity index (χ1) is 17.5.